The molecular weight excluding hydrogens is 255 g/mol. The normalized spacial score (nSPS) is 20.3. The van der Waals surface area contributed by atoms with E-state index in [9.17, 15) is 4.39 Å². The standard InChI is InChI=1S/C13H19FN2O.ClH/c1-17-13-5-4-10(7-12(13)14)8-16-6-2-3-11(15)9-16;/h4-5,7,11H,2-3,6,8-9,15H2,1H3;1H/t11-;/m1./s1. The largest absolute Gasteiger partial charge is 0.494 e. The molecule has 0 radical (unpaired) electrons. The topological polar surface area (TPSA) is 38.5 Å². The van der Waals surface area contributed by atoms with Gasteiger partial charge in [0.25, 0.3) is 0 Å². The Morgan fingerprint density at radius 1 is 1.50 bits per heavy atom. The van der Waals surface area contributed by atoms with Crippen LogP contribution in [0.3, 0.4) is 0 Å². The lowest BCUT2D eigenvalue weighted by Gasteiger charge is -2.30. The summed E-state index contributed by atoms with van der Waals surface area (Å²) in [6.07, 6.45) is 2.22. The second kappa shape index (κ2) is 6.92. The van der Waals surface area contributed by atoms with Gasteiger partial charge >= 0.3 is 0 Å². The zero-order valence-electron chi connectivity index (χ0n) is 10.6. The summed E-state index contributed by atoms with van der Waals surface area (Å²) in [5.41, 5.74) is 6.89. The molecule has 0 aliphatic carbocycles. The first kappa shape index (κ1) is 15.2. The molecule has 1 heterocycles. The number of likely N-dealkylation sites (tertiary alicyclic amines) is 1. The molecule has 1 aromatic carbocycles. The Bertz CT molecular complexity index is 389. The summed E-state index contributed by atoms with van der Waals surface area (Å²) in [6.45, 7) is 2.70. The van der Waals surface area contributed by atoms with E-state index in [2.05, 4.69) is 4.90 Å². The first-order chi connectivity index (χ1) is 8.19. The van der Waals surface area contributed by atoms with Crippen molar-refractivity contribution in [3.63, 3.8) is 0 Å². The third kappa shape index (κ3) is 3.83. The number of nitrogens with two attached hydrogens (primary N) is 1. The van der Waals surface area contributed by atoms with Crippen molar-refractivity contribution >= 4 is 12.4 Å². The van der Waals surface area contributed by atoms with Crippen LogP contribution in [0.2, 0.25) is 0 Å². The molecule has 0 aromatic heterocycles. The minimum absolute atomic E-state index is 0. The molecule has 0 amide bonds. The number of ether oxygens (including phenoxy) is 1. The molecule has 2 rings (SSSR count). The Labute approximate surface area is 114 Å². The fourth-order valence-electron chi connectivity index (χ4n) is 2.30. The third-order valence-corrected chi connectivity index (χ3v) is 3.16. The SMILES string of the molecule is COc1ccc(CN2CCC[C@@H](N)C2)cc1F.Cl. The van der Waals surface area contributed by atoms with Gasteiger partial charge in [0, 0.05) is 19.1 Å². The third-order valence-electron chi connectivity index (χ3n) is 3.16. The van der Waals surface area contributed by atoms with Crippen LogP contribution in [-0.4, -0.2) is 31.1 Å². The molecule has 1 atom stereocenters. The molecule has 1 aromatic rings. The summed E-state index contributed by atoms with van der Waals surface area (Å²) < 4.78 is 18.4. The van der Waals surface area contributed by atoms with Gasteiger partial charge in [-0.1, -0.05) is 6.07 Å². The average Bonchev–Trinajstić information content (AvgIpc) is 2.29. The summed E-state index contributed by atoms with van der Waals surface area (Å²) in [5, 5.41) is 0. The van der Waals surface area contributed by atoms with Crippen LogP contribution in [0.25, 0.3) is 0 Å². The quantitative estimate of drug-likeness (QED) is 0.918. The van der Waals surface area contributed by atoms with E-state index in [1.54, 1.807) is 12.1 Å². The van der Waals surface area contributed by atoms with Gasteiger partial charge in [-0.2, -0.15) is 0 Å². The summed E-state index contributed by atoms with van der Waals surface area (Å²) in [4.78, 5) is 2.27. The Morgan fingerprint density at radius 3 is 2.89 bits per heavy atom. The maximum Gasteiger partial charge on any atom is 0.165 e. The van der Waals surface area contributed by atoms with Crippen molar-refractivity contribution in [2.24, 2.45) is 5.73 Å². The van der Waals surface area contributed by atoms with E-state index in [-0.39, 0.29) is 24.3 Å². The highest BCUT2D eigenvalue weighted by Gasteiger charge is 2.17. The lowest BCUT2D eigenvalue weighted by atomic mass is 10.1. The van der Waals surface area contributed by atoms with Crippen LogP contribution < -0.4 is 10.5 Å². The fraction of sp³-hybridized carbons (Fsp3) is 0.538. The van der Waals surface area contributed by atoms with Gasteiger partial charge in [0.05, 0.1) is 7.11 Å². The van der Waals surface area contributed by atoms with Crippen molar-refractivity contribution in [2.45, 2.75) is 25.4 Å². The van der Waals surface area contributed by atoms with E-state index >= 15 is 0 Å². The molecule has 5 heteroatoms. The highest BCUT2D eigenvalue weighted by atomic mass is 35.5. The minimum atomic E-state index is -0.300. The number of rotatable bonds is 3. The van der Waals surface area contributed by atoms with Crippen LogP contribution in [0.15, 0.2) is 18.2 Å². The van der Waals surface area contributed by atoms with Crippen molar-refractivity contribution in [2.75, 3.05) is 20.2 Å². The molecule has 0 saturated carbocycles. The van der Waals surface area contributed by atoms with Crippen molar-refractivity contribution in [1.29, 1.82) is 0 Å². The summed E-state index contributed by atoms with van der Waals surface area (Å²) in [6, 6.07) is 5.38. The van der Waals surface area contributed by atoms with E-state index in [0.29, 0.717) is 5.75 Å². The van der Waals surface area contributed by atoms with Gasteiger partial charge in [-0.05, 0) is 37.1 Å². The lowest BCUT2D eigenvalue weighted by Crippen LogP contribution is -2.42. The van der Waals surface area contributed by atoms with E-state index < -0.39 is 0 Å². The number of halogens is 2. The zero-order chi connectivity index (χ0) is 12.3. The highest BCUT2D eigenvalue weighted by molar-refractivity contribution is 5.85. The van der Waals surface area contributed by atoms with E-state index in [0.717, 1.165) is 38.0 Å². The van der Waals surface area contributed by atoms with Gasteiger partial charge in [0.2, 0.25) is 0 Å². The monoisotopic (exact) mass is 274 g/mol. The Morgan fingerprint density at radius 2 is 2.28 bits per heavy atom. The Hall–Kier alpha value is -0.840. The molecule has 18 heavy (non-hydrogen) atoms. The van der Waals surface area contributed by atoms with Crippen LogP contribution >= 0.6 is 12.4 Å². The maximum absolute atomic E-state index is 13.5. The van der Waals surface area contributed by atoms with Gasteiger partial charge in [0.1, 0.15) is 0 Å². The molecule has 1 saturated heterocycles. The van der Waals surface area contributed by atoms with E-state index in [1.165, 1.54) is 7.11 Å². The van der Waals surface area contributed by atoms with Crippen molar-refractivity contribution in [1.82, 2.24) is 4.90 Å². The molecule has 3 nitrogen and oxygen atoms in total. The summed E-state index contributed by atoms with van der Waals surface area (Å²) in [7, 11) is 1.47. The molecule has 1 fully saturated rings. The molecule has 1 aliphatic heterocycles. The summed E-state index contributed by atoms with van der Waals surface area (Å²) >= 11 is 0. The molecule has 2 N–H and O–H groups in total. The van der Waals surface area contributed by atoms with Gasteiger partial charge in [-0.15, -0.1) is 12.4 Å². The number of piperidine rings is 1. The predicted octanol–water partition coefficient (Wildman–Crippen LogP) is 2.18. The molecule has 0 spiro atoms. The van der Waals surface area contributed by atoms with Crippen LogP contribution in [0.5, 0.6) is 5.75 Å². The minimum Gasteiger partial charge on any atom is -0.494 e. The molecule has 102 valence electrons. The summed E-state index contributed by atoms with van der Waals surface area (Å²) in [5.74, 6) is -0.00426. The van der Waals surface area contributed by atoms with Crippen molar-refractivity contribution in [3.05, 3.63) is 29.6 Å². The highest BCUT2D eigenvalue weighted by Crippen LogP contribution is 2.19. The molecular formula is C13H20ClFN2O. The fourth-order valence-corrected chi connectivity index (χ4v) is 2.30. The Balaban J connectivity index is 0.00000162. The predicted molar refractivity (Wildman–Crippen MR) is 72.7 cm³/mol. The zero-order valence-corrected chi connectivity index (χ0v) is 11.4. The van der Waals surface area contributed by atoms with Crippen LogP contribution in [0, 0.1) is 5.82 Å². The number of hydrogen-bond acceptors (Lipinski definition) is 3. The van der Waals surface area contributed by atoms with Crippen LogP contribution in [-0.2, 0) is 6.54 Å². The molecule has 0 bridgehead atoms. The molecule has 0 unspecified atom stereocenters. The first-order valence-corrected chi connectivity index (χ1v) is 5.99. The molecule has 1 aliphatic rings. The number of hydrogen-bond donors (Lipinski definition) is 1. The number of nitrogens with zero attached hydrogens (tertiary/aromatic N) is 1. The van der Waals surface area contributed by atoms with Crippen LogP contribution in [0.1, 0.15) is 18.4 Å². The van der Waals surface area contributed by atoms with E-state index in [4.69, 9.17) is 10.5 Å². The van der Waals surface area contributed by atoms with E-state index in [1.807, 2.05) is 6.07 Å². The van der Waals surface area contributed by atoms with Gasteiger partial charge in [-0.25, -0.2) is 4.39 Å². The van der Waals surface area contributed by atoms with Gasteiger partial charge in [0.15, 0.2) is 11.6 Å². The van der Waals surface area contributed by atoms with Crippen LogP contribution in [0.4, 0.5) is 4.39 Å². The van der Waals surface area contributed by atoms with Crippen molar-refractivity contribution in [3.8, 4) is 5.75 Å². The number of benzene rings is 1. The first-order valence-electron chi connectivity index (χ1n) is 5.99. The smallest absolute Gasteiger partial charge is 0.165 e. The second-order valence-corrected chi connectivity index (χ2v) is 4.61. The maximum atomic E-state index is 13.5. The second-order valence-electron chi connectivity index (χ2n) is 4.61. The van der Waals surface area contributed by atoms with Gasteiger partial charge in [-0.3, -0.25) is 4.90 Å². The number of methoxy groups -OCH3 is 1. The average molecular weight is 275 g/mol. The van der Waals surface area contributed by atoms with Crippen molar-refractivity contribution < 1.29 is 9.13 Å². The lowest BCUT2D eigenvalue weighted by molar-refractivity contribution is 0.201. The Kier molecular flexibility index (Phi) is 5.85. The van der Waals surface area contributed by atoms with Gasteiger partial charge < -0.3 is 10.5 Å².